The van der Waals surface area contributed by atoms with Crippen molar-refractivity contribution in [2.45, 2.75) is 32.0 Å². The quantitative estimate of drug-likeness (QED) is 0.526. The van der Waals surface area contributed by atoms with Crippen molar-refractivity contribution in [1.82, 2.24) is 5.32 Å². The van der Waals surface area contributed by atoms with Crippen molar-refractivity contribution in [3.63, 3.8) is 0 Å². The Morgan fingerprint density at radius 2 is 2.33 bits per heavy atom. The minimum Gasteiger partial charge on any atom is -0.388 e. The highest BCUT2D eigenvalue weighted by Crippen LogP contribution is 2.45. The van der Waals surface area contributed by atoms with Crippen LogP contribution >= 0.6 is 0 Å². The third-order valence-electron chi connectivity index (χ3n) is 2.45. The van der Waals surface area contributed by atoms with Gasteiger partial charge in [0.05, 0.1) is 5.60 Å². The van der Waals surface area contributed by atoms with Gasteiger partial charge in [-0.2, -0.15) is 0 Å². The van der Waals surface area contributed by atoms with E-state index in [0.29, 0.717) is 6.42 Å². The van der Waals surface area contributed by atoms with Crippen LogP contribution in [0, 0.1) is 5.92 Å². The Balaban J connectivity index is 2.29. The molecule has 0 aliphatic heterocycles. The van der Waals surface area contributed by atoms with Crippen LogP contribution in [-0.4, -0.2) is 34.4 Å². The average Bonchev–Trinajstić information content (AvgIpc) is 2.56. The summed E-state index contributed by atoms with van der Waals surface area (Å²) in [5.74, 6) is -0.0489. The second-order valence-corrected chi connectivity index (χ2v) is 3.55. The van der Waals surface area contributed by atoms with E-state index in [2.05, 4.69) is 5.32 Å². The van der Waals surface area contributed by atoms with Crippen LogP contribution in [-0.2, 0) is 4.79 Å². The number of rotatable bonds is 3. The number of nitrogens with one attached hydrogen (secondary N) is 1. The maximum Gasteiger partial charge on any atom is 0.216 e. The maximum atomic E-state index is 10.5. The van der Waals surface area contributed by atoms with Crippen molar-refractivity contribution in [1.29, 1.82) is 0 Å². The zero-order chi connectivity index (χ0) is 9.35. The van der Waals surface area contributed by atoms with E-state index in [1.54, 1.807) is 0 Å². The number of carbonyl (C=O) groups is 1. The first-order valence-electron chi connectivity index (χ1n) is 4.11. The summed E-state index contributed by atoms with van der Waals surface area (Å²) in [5.41, 5.74) is -0.956. The lowest BCUT2D eigenvalue weighted by Crippen LogP contribution is -2.40. The van der Waals surface area contributed by atoms with Crippen molar-refractivity contribution in [3.05, 3.63) is 0 Å². The van der Waals surface area contributed by atoms with Gasteiger partial charge in [0.15, 0.2) is 0 Å². The molecule has 0 bridgehead atoms. The second-order valence-electron chi connectivity index (χ2n) is 3.55. The van der Waals surface area contributed by atoms with Crippen LogP contribution in [0.2, 0.25) is 0 Å². The van der Waals surface area contributed by atoms with E-state index in [1.807, 2.05) is 6.92 Å². The van der Waals surface area contributed by atoms with Crippen LogP contribution in [0.3, 0.4) is 0 Å². The van der Waals surface area contributed by atoms with Gasteiger partial charge >= 0.3 is 0 Å². The summed E-state index contributed by atoms with van der Waals surface area (Å²) in [6.45, 7) is 3.39. The summed E-state index contributed by atoms with van der Waals surface area (Å²) in [7, 11) is 0. The van der Waals surface area contributed by atoms with Crippen molar-refractivity contribution in [3.8, 4) is 0 Å². The molecular weight excluding hydrogens is 158 g/mol. The van der Waals surface area contributed by atoms with Gasteiger partial charge in [0.1, 0.15) is 6.10 Å². The van der Waals surface area contributed by atoms with E-state index in [9.17, 15) is 15.0 Å². The van der Waals surface area contributed by atoms with Crippen LogP contribution in [0.25, 0.3) is 0 Å². The molecule has 1 aliphatic carbocycles. The minimum absolute atomic E-state index is 0.135. The topological polar surface area (TPSA) is 69.6 Å². The highest BCUT2D eigenvalue weighted by molar-refractivity contribution is 5.72. The summed E-state index contributed by atoms with van der Waals surface area (Å²) in [5, 5.41) is 21.4. The Morgan fingerprint density at radius 3 is 2.67 bits per heavy atom. The van der Waals surface area contributed by atoms with Gasteiger partial charge in [-0.1, -0.05) is 6.92 Å². The summed E-state index contributed by atoms with van der Waals surface area (Å²) in [6.07, 6.45) is -0.218. The maximum absolute atomic E-state index is 10.5. The smallest absolute Gasteiger partial charge is 0.216 e. The fraction of sp³-hybridized carbons (Fsp3) is 0.875. The first-order valence-corrected chi connectivity index (χ1v) is 4.11. The first kappa shape index (κ1) is 9.48. The number of aliphatic hydroxyl groups excluding tert-OH is 1. The molecule has 1 amide bonds. The van der Waals surface area contributed by atoms with Crippen LogP contribution < -0.4 is 5.32 Å². The molecule has 2 unspecified atom stereocenters. The molecule has 3 atom stereocenters. The summed E-state index contributed by atoms with van der Waals surface area (Å²) < 4.78 is 0. The van der Waals surface area contributed by atoms with E-state index in [1.165, 1.54) is 6.92 Å². The third kappa shape index (κ3) is 1.76. The predicted octanol–water partition coefficient (Wildman–Crippen LogP) is -0.746. The first-order chi connectivity index (χ1) is 5.47. The fourth-order valence-corrected chi connectivity index (χ4v) is 1.31. The molecule has 1 rings (SSSR count). The minimum atomic E-state index is -0.956. The number of hydrogen-bond acceptors (Lipinski definition) is 3. The molecule has 0 heterocycles. The molecule has 1 aliphatic rings. The van der Waals surface area contributed by atoms with Crippen molar-refractivity contribution in [2.24, 2.45) is 5.92 Å². The molecule has 0 aromatic carbocycles. The van der Waals surface area contributed by atoms with Crippen LogP contribution in [0.15, 0.2) is 0 Å². The van der Waals surface area contributed by atoms with Crippen LogP contribution in [0.1, 0.15) is 20.3 Å². The number of hydrogen-bond donors (Lipinski definition) is 3. The van der Waals surface area contributed by atoms with Gasteiger partial charge in [0.25, 0.3) is 0 Å². The van der Waals surface area contributed by atoms with Gasteiger partial charge in [0, 0.05) is 13.5 Å². The van der Waals surface area contributed by atoms with Gasteiger partial charge in [-0.25, -0.2) is 0 Å². The Hall–Kier alpha value is -0.610. The Labute approximate surface area is 71.6 Å². The lowest BCUT2D eigenvalue weighted by Gasteiger charge is -2.17. The highest BCUT2D eigenvalue weighted by Gasteiger charge is 2.54. The van der Waals surface area contributed by atoms with E-state index in [-0.39, 0.29) is 18.4 Å². The Kier molecular flexibility index (Phi) is 2.39. The molecule has 4 heteroatoms. The number of aliphatic hydroxyl groups is 2. The van der Waals surface area contributed by atoms with E-state index in [4.69, 9.17) is 0 Å². The van der Waals surface area contributed by atoms with Gasteiger partial charge in [-0.15, -0.1) is 0 Å². The molecule has 0 aromatic rings. The number of amides is 1. The molecular formula is C8H15NO3. The molecule has 1 fully saturated rings. The number of carbonyl (C=O) groups excluding carboxylic acids is 1. The zero-order valence-corrected chi connectivity index (χ0v) is 7.37. The van der Waals surface area contributed by atoms with E-state index >= 15 is 0 Å². The van der Waals surface area contributed by atoms with Crippen molar-refractivity contribution >= 4 is 5.91 Å². The second kappa shape index (κ2) is 3.03. The van der Waals surface area contributed by atoms with Gasteiger partial charge in [0.2, 0.25) is 5.91 Å². The summed E-state index contributed by atoms with van der Waals surface area (Å²) in [4.78, 5) is 10.5. The molecule has 70 valence electrons. The molecule has 0 saturated heterocycles. The normalized spacial score (nSPS) is 35.8. The predicted molar refractivity (Wildman–Crippen MR) is 43.4 cm³/mol. The molecule has 0 spiro atoms. The van der Waals surface area contributed by atoms with Crippen molar-refractivity contribution < 1.29 is 15.0 Å². The van der Waals surface area contributed by atoms with Gasteiger partial charge < -0.3 is 15.5 Å². The molecule has 3 N–H and O–H groups in total. The van der Waals surface area contributed by atoms with E-state index in [0.717, 1.165) is 0 Å². The average molecular weight is 173 g/mol. The van der Waals surface area contributed by atoms with Gasteiger partial charge in [-0.05, 0) is 12.3 Å². The Bertz CT molecular complexity index is 195. The standard InChI is InChI=1S/C8H15NO3/c1-5-3-8(5,12)7(11)4-9-6(2)10/h5,7,11-12H,3-4H2,1-2H3,(H,9,10)/t5-,7?,8?/m1/s1. The lowest BCUT2D eigenvalue weighted by atomic mass is 10.1. The third-order valence-corrected chi connectivity index (χ3v) is 2.45. The SMILES string of the molecule is CC(=O)NCC(O)C1(O)C[C@H]1C. The molecule has 12 heavy (non-hydrogen) atoms. The largest absolute Gasteiger partial charge is 0.388 e. The van der Waals surface area contributed by atoms with Crippen LogP contribution in [0.4, 0.5) is 0 Å². The Morgan fingerprint density at radius 1 is 1.83 bits per heavy atom. The van der Waals surface area contributed by atoms with E-state index < -0.39 is 11.7 Å². The molecule has 4 nitrogen and oxygen atoms in total. The van der Waals surface area contributed by atoms with Crippen molar-refractivity contribution in [2.75, 3.05) is 6.54 Å². The van der Waals surface area contributed by atoms with Crippen LogP contribution in [0.5, 0.6) is 0 Å². The fourth-order valence-electron chi connectivity index (χ4n) is 1.31. The molecule has 1 saturated carbocycles. The summed E-state index contributed by atoms with van der Waals surface area (Å²) in [6, 6.07) is 0. The zero-order valence-electron chi connectivity index (χ0n) is 7.37. The lowest BCUT2D eigenvalue weighted by molar-refractivity contribution is -0.120. The highest BCUT2D eigenvalue weighted by atomic mass is 16.3. The van der Waals surface area contributed by atoms with Gasteiger partial charge in [-0.3, -0.25) is 4.79 Å². The molecule has 0 aromatic heterocycles. The summed E-state index contributed by atoms with van der Waals surface area (Å²) >= 11 is 0. The monoisotopic (exact) mass is 173 g/mol. The molecule has 0 radical (unpaired) electrons.